The first-order valence-corrected chi connectivity index (χ1v) is 34.6. The van der Waals surface area contributed by atoms with Crippen LogP contribution >= 0.6 is 0 Å². The minimum atomic E-state index is -0.172. The van der Waals surface area contributed by atoms with Crippen LogP contribution in [0.2, 0.25) is 0 Å². The number of fused-ring (bicyclic) bond motifs is 12. The number of hydrogen-bond acceptors (Lipinski definition) is 0. The van der Waals surface area contributed by atoms with E-state index in [1.165, 1.54) is 166 Å². The molecular weight excluding hydrogens is 1180 g/mol. The topological polar surface area (TPSA) is 9.86 Å². The third kappa shape index (κ3) is 9.30. The Kier molecular flexibility index (Phi) is 13.2. The van der Waals surface area contributed by atoms with Crippen LogP contribution < -0.4 is 0 Å². The zero-order valence-electron chi connectivity index (χ0n) is 55.4. The lowest BCUT2D eigenvalue weighted by Gasteiger charge is -2.29. The zero-order valence-corrected chi connectivity index (χ0v) is 55.4. The minimum absolute atomic E-state index is 0.0548. The maximum Gasteiger partial charge on any atom is 0.0544 e. The summed E-state index contributed by atoms with van der Waals surface area (Å²) < 4.78 is 5.07. The molecule has 0 aliphatic heterocycles. The summed E-state index contributed by atoms with van der Waals surface area (Å²) in [5.74, 6) is 0.712. The lowest BCUT2D eigenvalue weighted by Crippen LogP contribution is -2.24. The van der Waals surface area contributed by atoms with Crippen LogP contribution in [0.1, 0.15) is 55.9 Å². The fourth-order valence-corrected chi connectivity index (χ4v) is 17.1. The molecule has 2 unspecified atom stereocenters. The van der Waals surface area contributed by atoms with Crippen molar-refractivity contribution in [3.63, 3.8) is 0 Å². The molecule has 0 fully saturated rings. The van der Waals surface area contributed by atoms with E-state index in [2.05, 4.69) is 377 Å². The second-order valence-electron chi connectivity index (χ2n) is 28.5. The lowest BCUT2D eigenvalue weighted by molar-refractivity contribution is 0.394. The van der Waals surface area contributed by atoms with E-state index in [1.807, 2.05) is 0 Å². The average molecular weight is 1250 g/mol. The Balaban J connectivity index is 0.748. The van der Waals surface area contributed by atoms with Crippen LogP contribution in [0.5, 0.6) is 0 Å². The van der Waals surface area contributed by atoms with Crippen LogP contribution in [0, 0.1) is 5.92 Å². The van der Waals surface area contributed by atoms with Crippen molar-refractivity contribution in [1.29, 1.82) is 0 Å². The molecule has 16 aromatic rings. The van der Waals surface area contributed by atoms with Gasteiger partial charge in [0.05, 0.1) is 22.1 Å². The Morgan fingerprint density at radius 3 is 1.07 bits per heavy atom. The Morgan fingerprint density at radius 1 is 0.245 bits per heavy atom. The van der Waals surface area contributed by atoms with E-state index >= 15 is 0 Å². The Morgan fingerprint density at radius 2 is 0.602 bits per heavy atom. The monoisotopic (exact) mass is 1250 g/mol. The largest absolute Gasteiger partial charge is 0.309 e. The Bertz CT molecular complexity index is 5840. The molecule has 2 heterocycles. The van der Waals surface area contributed by atoms with Crippen molar-refractivity contribution in [2.24, 2.45) is 5.92 Å². The molecule has 0 bridgehead atoms. The van der Waals surface area contributed by atoms with E-state index < -0.39 is 0 Å². The van der Waals surface area contributed by atoms with E-state index in [0.29, 0.717) is 11.8 Å². The summed E-state index contributed by atoms with van der Waals surface area (Å²) in [4.78, 5) is 0. The third-order valence-corrected chi connectivity index (χ3v) is 22.1. The third-order valence-electron chi connectivity index (χ3n) is 22.1. The summed E-state index contributed by atoms with van der Waals surface area (Å²) >= 11 is 0. The van der Waals surface area contributed by atoms with Gasteiger partial charge in [0, 0.05) is 44.3 Å². The molecule has 2 heteroatoms. The molecule has 0 amide bonds. The Labute approximate surface area is 573 Å². The molecule has 0 saturated carbocycles. The molecule has 19 rings (SSSR count). The maximum absolute atomic E-state index is 2.56. The molecule has 0 radical (unpaired) electrons. The van der Waals surface area contributed by atoms with Crippen molar-refractivity contribution < 1.29 is 0 Å². The predicted molar refractivity (Wildman–Crippen MR) is 414 cm³/mol. The molecule has 0 saturated heterocycles. The van der Waals surface area contributed by atoms with Gasteiger partial charge in [-0.1, -0.05) is 246 Å². The zero-order chi connectivity index (χ0) is 65.4. The van der Waals surface area contributed by atoms with E-state index in [1.54, 1.807) is 0 Å². The summed E-state index contributed by atoms with van der Waals surface area (Å²) in [6, 6.07) is 118. The molecule has 2 nitrogen and oxygen atoms in total. The van der Waals surface area contributed by atoms with Gasteiger partial charge in [-0.25, -0.2) is 0 Å². The highest BCUT2D eigenvalue weighted by molar-refractivity contribution is 6.14. The molecular formula is C96H70N2. The van der Waals surface area contributed by atoms with Crippen molar-refractivity contribution in [3.8, 4) is 112 Å². The van der Waals surface area contributed by atoms with Crippen LogP contribution in [-0.2, 0) is 10.8 Å². The van der Waals surface area contributed by atoms with Gasteiger partial charge < -0.3 is 9.13 Å². The summed E-state index contributed by atoms with van der Waals surface area (Å²) in [5.41, 5.74) is 34.3. The van der Waals surface area contributed by atoms with Gasteiger partial charge in [0.25, 0.3) is 0 Å². The van der Waals surface area contributed by atoms with Gasteiger partial charge in [-0.05, 0) is 255 Å². The number of aromatic nitrogens is 2. The first kappa shape index (κ1) is 57.6. The quantitative estimate of drug-likeness (QED) is 0.129. The summed E-state index contributed by atoms with van der Waals surface area (Å²) in [5, 5.41) is 5.02. The molecule has 14 aromatic carbocycles. The van der Waals surface area contributed by atoms with Gasteiger partial charge in [0.15, 0.2) is 0 Å². The normalized spacial score (nSPS) is 15.4. The lowest BCUT2D eigenvalue weighted by atomic mass is 9.74. The van der Waals surface area contributed by atoms with Crippen molar-refractivity contribution in [2.45, 2.75) is 44.4 Å². The van der Waals surface area contributed by atoms with Crippen LogP contribution in [0.3, 0.4) is 0 Å². The molecule has 464 valence electrons. The number of hydrogen-bond donors (Lipinski definition) is 0. The number of allylic oxidation sites excluding steroid dienone is 4. The first-order chi connectivity index (χ1) is 48.1. The molecule has 2 aromatic heterocycles. The van der Waals surface area contributed by atoms with E-state index in [4.69, 9.17) is 0 Å². The molecule has 98 heavy (non-hydrogen) atoms. The van der Waals surface area contributed by atoms with Crippen molar-refractivity contribution in [2.75, 3.05) is 0 Å². The van der Waals surface area contributed by atoms with Crippen molar-refractivity contribution >= 4 is 43.6 Å². The van der Waals surface area contributed by atoms with Gasteiger partial charge in [-0.15, -0.1) is 0 Å². The number of rotatable bonds is 10. The fourth-order valence-electron chi connectivity index (χ4n) is 17.1. The second-order valence-corrected chi connectivity index (χ2v) is 28.5. The van der Waals surface area contributed by atoms with Crippen molar-refractivity contribution in [3.05, 3.63) is 362 Å². The van der Waals surface area contributed by atoms with Crippen LogP contribution in [0.25, 0.3) is 155 Å². The fraction of sp³-hybridized carbons (Fsp3) is 0.0833. The summed E-state index contributed by atoms with van der Waals surface area (Å²) in [6.45, 7) is 9.69. The van der Waals surface area contributed by atoms with E-state index in [9.17, 15) is 0 Å². The Hall–Kier alpha value is -11.8. The molecule has 0 spiro atoms. The molecule has 0 N–H and O–H groups in total. The SMILES string of the molecule is CC1(C)c2ccccc2-c2cc3c4cc(-c5cccc(-c6cc(-c7ccccc7)cc(-c7ccccc7)c6)c5)ccc4n(-c4ccc(-n5c6ccc(-c7cccc(-c8cc(-c9ccccc9)cc(-c9ccccc9)c8)c7)cc6c6cc7c(cc65)C(C)(C)C5C=CC=CC75)cc4)c3cc21. The number of benzene rings is 14. The number of nitrogens with zero attached hydrogens (tertiary/aromatic N) is 2. The smallest absolute Gasteiger partial charge is 0.0544 e. The predicted octanol–water partition coefficient (Wildman–Crippen LogP) is 25.6. The van der Waals surface area contributed by atoms with Crippen LogP contribution in [0.4, 0.5) is 0 Å². The van der Waals surface area contributed by atoms with Gasteiger partial charge >= 0.3 is 0 Å². The van der Waals surface area contributed by atoms with E-state index in [0.717, 1.165) is 11.4 Å². The van der Waals surface area contributed by atoms with Gasteiger partial charge in [-0.3, -0.25) is 0 Å². The standard InChI is InChI=1S/C96H70N2/c1-95(2)87-37-19-17-35-79(87)81-57-85-83-55-69(65-31-21-33-67(47-65)75-51-71(61-23-9-5-10-24-61)49-72(52-75)62-25-11-6-12-26-62)39-45-91(83)97(93(85)59-89(81)95)77-41-43-78(44-42-77)98-92-46-40-70(56-84(92)86-58-82-80-36-18-20-38-88(80)96(3,4)90(82)60-94(86)98)66-32-22-34-68(48-66)76-53-73(63-27-13-7-14-28-63)50-74(54-76)64-29-15-8-16-30-64/h5-60,79,87H,1-4H3. The summed E-state index contributed by atoms with van der Waals surface area (Å²) in [6.07, 6.45) is 9.38. The molecule has 2 atom stereocenters. The second kappa shape index (κ2) is 22.4. The maximum atomic E-state index is 2.56. The van der Waals surface area contributed by atoms with Crippen molar-refractivity contribution in [1.82, 2.24) is 9.13 Å². The molecule has 3 aliphatic carbocycles. The summed E-state index contributed by atoms with van der Waals surface area (Å²) in [7, 11) is 0. The highest BCUT2D eigenvalue weighted by Crippen LogP contribution is 2.56. The van der Waals surface area contributed by atoms with Gasteiger partial charge in [0.1, 0.15) is 0 Å². The highest BCUT2D eigenvalue weighted by Gasteiger charge is 2.45. The molecule has 3 aliphatic rings. The van der Waals surface area contributed by atoms with Gasteiger partial charge in [0.2, 0.25) is 0 Å². The first-order valence-electron chi connectivity index (χ1n) is 34.6. The van der Waals surface area contributed by atoms with E-state index in [-0.39, 0.29) is 10.8 Å². The average Bonchev–Trinajstić information content (AvgIpc) is 1.55. The highest BCUT2D eigenvalue weighted by atomic mass is 15.0. The van der Waals surface area contributed by atoms with Gasteiger partial charge in [-0.2, -0.15) is 0 Å². The minimum Gasteiger partial charge on any atom is -0.309 e. The van der Waals surface area contributed by atoms with Crippen LogP contribution in [-0.4, -0.2) is 9.13 Å². The van der Waals surface area contributed by atoms with Crippen LogP contribution in [0.15, 0.2) is 340 Å².